The summed E-state index contributed by atoms with van der Waals surface area (Å²) in [6, 6.07) is 31.6. The fourth-order valence-electron chi connectivity index (χ4n) is 4.96. The molecule has 0 bridgehead atoms. The summed E-state index contributed by atoms with van der Waals surface area (Å²) in [6.07, 6.45) is 1.00. The van der Waals surface area contributed by atoms with Crippen LogP contribution in [0.4, 0.5) is 5.69 Å². The Morgan fingerprint density at radius 2 is 1.36 bits per heavy atom. The molecule has 0 aliphatic rings. The number of hydrogen-bond donors (Lipinski definition) is 1. The molecule has 44 heavy (non-hydrogen) atoms. The average molecular weight is 612 g/mol. The molecule has 0 aromatic heterocycles. The van der Waals surface area contributed by atoms with Crippen molar-refractivity contribution in [2.24, 2.45) is 0 Å². The Morgan fingerprint density at radius 1 is 0.773 bits per heavy atom. The summed E-state index contributed by atoms with van der Waals surface area (Å²) in [5, 5.41) is 3.07. The topological polar surface area (TPSA) is 86.8 Å². The number of carbonyl (C=O) groups is 2. The predicted octanol–water partition coefficient (Wildman–Crippen LogP) is 6.05. The van der Waals surface area contributed by atoms with Gasteiger partial charge in [0.25, 0.3) is 10.0 Å². The van der Waals surface area contributed by atoms with Crippen LogP contribution >= 0.6 is 0 Å². The normalized spacial score (nSPS) is 12.6. The lowest BCUT2D eigenvalue weighted by atomic mass is 10.0. The van der Waals surface area contributed by atoms with Crippen LogP contribution in [-0.4, -0.2) is 43.8 Å². The van der Waals surface area contributed by atoms with E-state index in [0.29, 0.717) is 11.3 Å². The highest BCUT2D eigenvalue weighted by Gasteiger charge is 2.35. The van der Waals surface area contributed by atoms with E-state index in [0.717, 1.165) is 27.4 Å². The molecule has 0 unspecified atom stereocenters. The Bertz CT molecular complexity index is 1640. The Hall–Kier alpha value is -4.43. The standard InChI is InChI=1S/C36H41N3O4S/c1-5-29(4)37-36(41)34(24-30-15-8-6-9-16-30)38(25-31-22-20-27(2)21-23-31)35(40)26-39(33-19-13-12-14-28(33)3)44(42,43)32-17-10-7-11-18-32/h6-23,29,34H,5,24-26H2,1-4H3,(H,37,41)/t29-,34-/m0/s1. The lowest BCUT2D eigenvalue weighted by molar-refractivity contribution is -0.140. The van der Waals surface area contributed by atoms with E-state index < -0.39 is 28.5 Å². The summed E-state index contributed by atoms with van der Waals surface area (Å²) < 4.78 is 29.3. The van der Waals surface area contributed by atoms with E-state index in [-0.39, 0.29) is 29.8 Å². The van der Waals surface area contributed by atoms with Crippen molar-refractivity contribution < 1.29 is 18.0 Å². The van der Waals surface area contributed by atoms with E-state index in [1.54, 1.807) is 30.3 Å². The van der Waals surface area contributed by atoms with Crippen LogP contribution in [0, 0.1) is 13.8 Å². The molecule has 2 amide bonds. The van der Waals surface area contributed by atoms with Gasteiger partial charge >= 0.3 is 0 Å². The van der Waals surface area contributed by atoms with E-state index in [9.17, 15) is 18.0 Å². The number of rotatable bonds is 13. The minimum absolute atomic E-state index is 0.0801. The number of benzene rings is 4. The van der Waals surface area contributed by atoms with E-state index in [1.807, 2.05) is 94.4 Å². The second-order valence-electron chi connectivity index (χ2n) is 11.1. The highest BCUT2D eigenvalue weighted by atomic mass is 32.2. The Balaban J connectivity index is 1.81. The molecule has 8 heteroatoms. The first-order chi connectivity index (χ1) is 21.1. The molecule has 0 saturated heterocycles. The summed E-state index contributed by atoms with van der Waals surface area (Å²) in [5.41, 5.74) is 3.92. The molecule has 0 aliphatic heterocycles. The quantitative estimate of drug-likeness (QED) is 0.199. The fourth-order valence-corrected chi connectivity index (χ4v) is 6.46. The minimum Gasteiger partial charge on any atom is -0.352 e. The highest BCUT2D eigenvalue weighted by Crippen LogP contribution is 2.27. The Labute approximate surface area is 261 Å². The van der Waals surface area contributed by atoms with Gasteiger partial charge in [0.15, 0.2) is 0 Å². The number of amides is 2. The maximum Gasteiger partial charge on any atom is 0.264 e. The monoisotopic (exact) mass is 611 g/mol. The average Bonchev–Trinajstić information content (AvgIpc) is 3.03. The van der Waals surface area contributed by atoms with Gasteiger partial charge in [0.2, 0.25) is 11.8 Å². The molecule has 0 radical (unpaired) electrons. The smallest absolute Gasteiger partial charge is 0.264 e. The molecule has 230 valence electrons. The SMILES string of the molecule is CC[C@H](C)NC(=O)[C@H](Cc1ccccc1)N(Cc1ccc(C)cc1)C(=O)CN(c1ccccc1C)S(=O)(=O)c1ccccc1. The van der Waals surface area contributed by atoms with Gasteiger partial charge in [-0.25, -0.2) is 8.42 Å². The summed E-state index contributed by atoms with van der Waals surface area (Å²) in [7, 11) is -4.13. The van der Waals surface area contributed by atoms with Crippen LogP contribution in [-0.2, 0) is 32.6 Å². The van der Waals surface area contributed by atoms with Gasteiger partial charge < -0.3 is 10.2 Å². The largest absolute Gasteiger partial charge is 0.352 e. The molecular formula is C36H41N3O4S. The van der Waals surface area contributed by atoms with E-state index in [2.05, 4.69) is 5.32 Å². The second kappa shape index (κ2) is 14.8. The van der Waals surface area contributed by atoms with Gasteiger partial charge in [-0.15, -0.1) is 0 Å². The summed E-state index contributed by atoms with van der Waals surface area (Å²) in [6.45, 7) is 7.37. The minimum atomic E-state index is -4.13. The third kappa shape index (κ3) is 8.14. The molecule has 0 aliphatic carbocycles. The number of aryl methyl sites for hydroxylation is 2. The molecule has 7 nitrogen and oxygen atoms in total. The van der Waals surface area contributed by atoms with Crippen molar-refractivity contribution in [3.63, 3.8) is 0 Å². The first kappa shape index (κ1) is 32.5. The fraction of sp³-hybridized carbons (Fsp3) is 0.278. The molecule has 4 aromatic rings. The van der Waals surface area contributed by atoms with Gasteiger partial charge in [0.05, 0.1) is 10.6 Å². The molecule has 0 fully saturated rings. The Kier molecular flexibility index (Phi) is 11.0. The maximum absolute atomic E-state index is 14.5. The van der Waals surface area contributed by atoms with Crippen molar-refractivity contribution in [3.8, 4) is 0 Å². The molecule has 0 spiro atoms. The van der Waals surface area contributed by atoms with Gasteiger partial charge in [-0.2, -0.15) is 0 Å². The van der Waals surface area contributed by atoms with Crippen LogP contribution < -0.4 is 9.62 Å². The van der Waals surface area contributed by atoms with Crippen LogP contribution in [0.1, 0.15) is 42.5 Å². The molecule has 1 N–H and O–H groups in total. The number of hydrogen-bond acceptors (Lipinski definition) is 4. The number of nitrogens with one attached hydrogen (secondary N) is 1. The van der Waals surface area contributed by atoms with Crippen LogP contribution in [0.25, 0.3) is 0 Å². The molecule has 0 heterocycles. The third-order valence-corrected chi connectivity index (χ3v) is 9.51. The predicted molar refractivity (Wildman–Crippen MR) is 176 cm³/mol. The lowest BCUT2D eigenvalue weighted by Gasteiger charge is -2.34. The van der Waals surface area contributed by atoms with E-state index in [1.165, 1.54) is 17.0 Å². The van der Waals surface area contributed by atoms with Gasteiger partial charge in [-0.3, -0.25) is 13.9 Å². The third-order valence-electron chi connectivity index (χ3n) is 7.74. The van der Waals surface area contributed by atoms with E-state index >= 15 is 0 Å². The van der Waals surface area contributed by atoms with Crippen molar-refractivity contribution in [1.82, 2.24) is 10.2 Å². The van der Waals surface area contributed by atoms with Crippen LogP contribution in [0.15, 0.2) is 114 Å². The van der Waals surface area contributed by atoms with E-state index in [4.69, 9.17) is 0 Å². The first-order valence-corrected chi connectivity index (χ1v) is 16.4. The van der Waals surface area contributed by atoms with Crippen LogP contribution in [0.5, 0.6) is 0 Å². The number of para-hydroxylation sites is 1. The van der Waals surface area contributed by atoms with Gasteiger partial charge in [-0.05, 0) is 62.1 Å². The highest BCUT2D eigenvalue weighted by molar-refractivity contribution is 7.92. The summed E-state index contributed by atoms with van der Waals surface area (Å²) >= 11 is 0. The van der Waals surface area contributed by atoms with Crippen molar-refractivity contribution in [2.45, 2.75) is 64.1 Å². The molecular weight excluding hydrogens is 570 g/mol. The number of nitrogens with zero attached hydrogens (tertiary/aromatic N) is 2. The van der Waals surface area contributed by atoms with Gasteiger partial charge in [0, 0.05) is 19.0 Å². The zero-order valence-electron chi connectivity index (χ0n) is 25.8. The number of sulfonamides is 1. The molecule has 2 atom stereocenters. The molecule has 0 saturated carbocycles. The maximum atomic E-state index is 14.5. The Morgan fingerprint density at radius 3 is 1.98 bits per heavy atom. The van der Waals surface area contributed by atoms with Crippen LogP contribution in [0.2, 0.25) is 0 Å². The van der Waals surface area contributed by atoms with Gasteiger partial charge in [-0.1, -0.05) is 103 Å². The molecule has 4 aromatic carbocycles. The van der Waals surface area contributed by atoms with Crippen molar-refractivity contribution >= 4 is 27.5 Å². The lowest BCUT2D eigenvalue weighted by Crippen LogP contribution is -2.54. The van der Waals surface area contributed by atoms with Crippen molar-refractivity contribution in [1.29, 1.82) is 0 Å². The zero-order valence-corrected chi connectivity index (χ0v) is 26.6. The number of anilines is 1. The van der Waals surface area contributed by atoms with Gasteiger partial charge in [0.1, 0.15) is 12.6 Å². The van der Waals surface area contributed by atoms with Crippen molar-refractivity contribution in [2.75, 3.05) is 10.8 Å². The number of carbonyl (C=O) groups excluding carboxylic acids is 2. The first-order valence-electron chi connectivity index (χ1n) is 14.9. The molecule has 4 rings (SSSR count). The van der Waals surface area contributed by atoms with Crippen LogP contribution in [0.3, 0.4) is 0 Å². The summed E-state index contributed by atoms with van der Waals surface area (Å²) in [5.74, 6) is -0.759. The second-order valence-corrected chi connectivity index (χ2v) is 13.0. The summed E-state index contributed by atoms with van der Waals surface area (Å²) in [4.78, 5) is 30.0. The zero-order chi connectivity index (χ0) is 31.7. The van der Waals surface area contributed by atoms with Crippen molar-refractivity contribution in [3.05, 3.63) is 131 Å².